The number of aliphatic hydroxyl groups is 2. The normalized spacial score (nSPS) is 47.4. The van der Waals surface area contributed by atoms with E-state index in [2.05, 4.69) is 27.7 Å². The Kier molecular flexibility index (Phi) is 7.05. The van der Waals surface area contributed by atoms with Crippen LogP contribution >= 0.6 is 0 Å². The molecular weight excluding hydrogens is 452 g/mol. The SMILES string of the molecule is CC(C)(O)C[C@H]1CC[C@@](C)([C@H]2CC[C@]3(C)[C@@H]2CC[C@@H]2[C@@](C)(CCC(=O)O)[C@H](C(C)(C)O)CC[C@]23C)O1. The maximum atomic E-state index is 11.7. The Labute approximate surface area is 219 Å². The van der Waals surface area contributed by atoms with Gasteiger partial charge in [-0.1, -0.05) is 20.8 Å². The summed E-state index contributed by atoms with van der Waals surface area (Å²) in [7, 11) is 0. The molecule has 3 aliphatic carbocycles. The molecule has 4 aliphatic rings. The average Bonchev–Trinajstić information content (AvgIpc) is 3.26. The van der Waals surface area contributed by atoms with Gasteiger partial charge in [-0.3, -0.25) is 4.79 Å². The molecule has 208 valence electrons. The van der Waals surface area contributed by atoms with Crippen LogP contribution in [0.4, 0.5) is 0 Å². The van der Waals surface area contributed by atoms with Crippen molar-refractivity contribution in [2.24, 2.45) is 39.9 Å². The van der Waals surface area contributed by atoms with Crippen LogP contribution in [0.15, 0.2) is 0 Å². The first-order chi connectivity index (χ1) is 16.4. The second kappa shape index (κ2) is 8.95. The van der Waals surface area contributed by atoms with E-state index in [1.54, 1.807) is 0 Å². The third-order valence-electron chi connectivity index (χ3n) is 12.3. The molecule has 0 aromatic carbocycles. The van der Waals surface area contributed by atoms with Gasteiger partial charge in [-0.25, -0.2) is 0 Å². The lowest BCUT2D eigenvalue weighted by molar-refractivity contribution is -0.211. The van der Waals surface area contributed by atoms with Gasteiger partial charge in [-0.05, 0) is 132 Å². The number of rotatable bonds is 7. The van der Waals surface area contributed by atoms with Crippen LogP contribution in [-0.2, 0) is 9.53 Å². The van der Waals surface area contributed by atoms with Crippen LogP contribution < -0.4 is 0 Å². The Bertz CT molecular complexity index is 841. The highest BCUT2D eigenvalue weighted by Crippen LogP contribution is 2.74. The van der Waals surface area contributed by atoms with E-state index in [1.807, 2.05) is 27.7 Å². The van der Waals surface area contributed by atoms with Crippen molar-refractivity contribution in [2.45, 2.75) is 149 Å². The Hall–Kier alpha value is -0.650. The van der Waals surface area contributed by atoms with Crippen LogP contribution in [-0.4, -0.2) is 44.2 Å². The lowest BCUT2D eigenvalue weighted by Gasteiger charge is -2.67. The molecule has 3 N–H and O–H groups in total. The zero-order chi connectivity index (χ0) is 26.9. The first-order valence-electron chi connectivity index (χ1n) is 14.7. The standard InChI is InChI=1S/C31H54O5/c1-26(2,34)19-20-11-18-31(8,36-20)22-12-16-29(6)21(22)9-10-24-28(5,15-14-25(32)33)23(27(3,4)35)13-17-30(24,29)7/h20-24,34-35H,9-19H2,1-8H3,(H,32,33)/t20-,21-,22+,23+,24-,28+,29-,30-,31+/m1/s1. The van der Waals surface area contributed by atoms with Crippen LogP contribution in [0.3, 0.4) is 0 Å². The van der Waals surface area contributed by atoms with E-state index in [0.717, 1.165) is 38.5 Å². The smallest absolute Gasteiger partial charge is 0.303 e. The molecule has 3 saturated carbocycles. The van der Waals surface area contributed by atoms with Gasteiger partial charge < -0.3 is 20.1 Å². The van der Waals surface area contributed by atoms with E-state index in [4.69, 9.17) is 4.74 Å². The number of hydrogen-bond acceptors (Lipinski definition) is 4. The fraction of sp³-hybridized carbons (Fsp3) is 0.968. The Morgan fingerprint density at radius 3 is 2.08 bits per heavy atom. The fourth-order valence-electron chi connectivity index (χ4n) is 10.6. The van der Waals surface area contributed by atoms with Crippen LogP contribution in [0.1, 0.15) is 126 Å². The maximum Gasteiger partial charge on any atom is 0.303 e. The van der Waals surface area contributed by atoms with Crippen LogP contribution in [0.25, 0.3) is 0 Å². The van der Waals surface area contributed by atoms with E-state index in [-0.39, 0.29) is 40.3 Å². The van der Waals surface area contributed by atoms with Crippen molar-refractivity contribution in [1.82, 2.24) is 0 Å². The molecule has 4 rings (SSSR count). The molecule has 0 bridgehead atoms. The molecule has 0 amide bonds. The van der Waals surface area contributed by atoms with E-state index in [9.17, 15) is 20.1 Å². The predicted octanol–water partition coefficient (Wildman–Crippen LogP) is 6.59. The van der Waals surface area contributed by atoms with Gasteiger partial charge in [0.1, 0.15) is 0 Å². The van der Waals surface area contributed by atoms with Crippen molar-refractivity contribution in [3.8, 4) is 0 Å². The largest absolute Gasteiger partial charge is 0.481 e. The molecule has 0 spiro atoms. The van der Waals surface area contributed by atoms with E-state index in [1.165, 1.54) is 12.8 Å². The van der Waals surface area contributed by atoms with Gasteiger partial charge in [0.2, 0.25) is 0 Å². The summed E-state index contributed by atoms with van der Waals surface area (Å²) in [4.78, 5) is 11.7. The van der Waals surface area contributed by atoms with Crippen molar-refractivity contribution in [3.05, 3.63) is 0 Å². The summed E-state index contributed by atoms with van der Waals surface area (Å²) in [5.41, 5.74) is -1.52. The number of fused-ring (bicyclic) bond motifs is 3. The van der Waals surface area contributed by atoms with Gasteiger partial charge in [-0.15, -0.1) is 0 Å². The van der Waals surface area contributed by atoms with E-state index >= 15 is 0 Å². The van der Waals surface area contributed by atoms with E-state index in [0.29, 0.717) is 30.6 Å². The fourth-order valence-corrected chi connectivity index (χ4v) is 10.6. The first-order valence-corrected chi connectivity index (χ1v) is 14.7. The Morgan fingerprint density at radius 1 is 0.861 bits per heavy atom. The van der Waals surface area contributed by atoms with Crippen molar-refractivity contribution < 1.29 is 24.9 Å². The number of hydrogen-bond donors (Lipinski definition) is 3. The minimum absolute atomic E-state index is 0.109. The highest BCUT2D eigenvalue weighted by molar-refractivity contribution is 5.66. The molecule has 5 nitrogen and oxygen atoms in total. The molecule has 0 unspecified atom stereocenters. The summed E-state index contributed by atoms with van der Waals surface area (Å²) in [6.45, 7) is 17.3. The van der Waals surface area contributed by atoms with Gasteiger partial charge in [0.25, 0.3) is 0 Å². The molecule has 0 aromatic heterocycles. The number of carbonyl (C=O) groups is 1. The summed E-state index contributed by atoms with van der Waals surface area (Å²) in [5.74, 6) is 0.926. The number of ether oxygens (including phenoxy) is 1. The molecule has 0 aromatic rings. The first kappa shape index (κ1) is 28.4. The molecule has 1 saturated heterocycles. The molecular formula is C31H54O5. The van der Waals surface area contributed by atoms with Gasteiger partial charge in [0, 0.05) is 12.8 Å². The monoisotopic (exact) mass is 506 g/mol. The predicted molar refractivity (Wildman–Crippen MR) is 143 cm³/mol. The zero-order valence-corrected chi connectivity index (χ0v) is 24.3. The minimum Gasteiger partial charge on any atom is -0.481 e. The molecule has 36 heavy (non-hydrogen) atoms. The molecule has 5 heteroatoms. The Morgan fingerprint density at radius 2 is 1.50 bits per heavy atom. The molecule has 9 atom stereocenters. The van der Waals surface area contributed by atoms with Gasteiger partial charge in [0.15, 0.2) is 0 Å². The van der Waals surface area contributed by atoms with E-state index < -0.39 is 17.2 Å². The Balaban J connectivity index is 1.62. The lowest BCUT2D eigenvalue weighted by atomic mass is 9.37. The summed E-state index contributed by atoms with van der Waals surface area (Å²) < 4.78 is 6.78. The quantitative estimate of drug-likeness (QED) is 0.363. The van der Waals surface area contributed by atoms with Gasteiger partial charge in [-0.2, -0.15) is 0 Å². The van der Waals surface area contributed by atoms with Crippen molar-refractivity contribution in [2.75, 3.05) is 0 Å². The summed E-state index contributed by atoms with van der Waals surface area (Å²) in [6, 6.07) is 0. The van der Waals surface area contributed by atoms with Crippen LogP contribution in [0.5, 0.6) is 0 Å². The van der Waals surface area contributed by atoms with Crippen LogP contribution in [0, 0.1) is 39.9 Å². The third-order valence-corrected chi connectivity index (χ3v) is 12.3. The maximum absolute atomic E-state index is 11.7. The highest BCUT2D eigenvalue weighted by Gasteiger charge is 2.68. The summed E-state index contributed by atoms with van der Waals surface area (Å²) in [6.07, 6.45) is 10.5. The second-order valence-corrected chi connectivity index (χ2v) is 15.5. The highest BCUT2D eigenvalue weighted by atomic mass is 16.5. The van der Waals surface area contributed by atoms with Crippen molar-refractivity contribution in [1.29, 1.82) is 0 Å². The number of carboxylic acid groups (broad SMARTS) is 1. The minimum atomic E-state index is -0.814. The topological polar surface area (TPSA) is 87.0 Å². The van der Waals surface area contributed by atoms with Crippen molar-refractivity contribution in [3.63, 3.8) is 0 Å². The van der Waals surface area contributed by atoms with Crippen LogP contribution in [0.2, 0.25) is 0 Å². The molecule has 4 fully saturated rings. The third kappa shape index (κ3) is 4.57. The molecule has 0 radical (unpaired) electrons. The average molecular weight is 507 g/mol. The number of aliphatic carboxylic acids is 1. The lowest BCUT2D eigenvalue weighted by Crippen LogP contribution is -2.62. The van der Waals surface area contributed by atoms with Gasteiger partial charge >= 0.3 is 5.97 Å². The molecule has 1 aliphatic heterocycles. The molecule has 1 heterocycles. The second-order valence-electron chi connectivity index (χ2n) is 15.5. The number of carboxylic acids is 1. The van der Waals surface area contributed by atoms with Crippen molar-refractivity contribution >= 4 is 5.97 Å². The van der Waals surface area contributed by atoms with Gasteiger partial charge in [0.05, 0.1) is 22.9 Å². The summed E-state index contributed by atoms with van der Waals surface area (Å²) >= 11 is 0. The zero-order valence-electron chi connectivity index (χ0n) is 24.3. The summed E-state index contributed by atoms with van der Waals surface area (Å²) in [5, 5.41) is 31.2.